The number of hydrogen-bond acceptors (Lipinski definition) is 5. The van der Waals surface area contributed by atoms with E-state index in [1.807, 2.05) is 6.07 Å². The van der Waals surface area contributed by atoms with E-state index in [4.69, 9.17) is 10.8 Å². The Hall–Kier alpha value is -2.91. The van der Waals surface area contributed by atoms with Crippen molar-refractivity contribution in [2.75, 3.05) is 31.1 Å². The molecular formula is C24H25FN4O. The summed E-state index contributed by atoms with van der Waals surface area (Å²) >= 11 is 0. The molecule has 5 rings (SSSR count). The van der Waals surface area contributed by atoms with Gasteiger partial charge in [-0.05, 0) is 62.5 Å². The maximum Gasteiger partial charge on any atom is 0.299 e. The van der Waals surface area contributed by atoms with Crippen molar-refractivity contribution in [1.29, 1.82) is 0 Å². The fraction of sp³-hybridized carbons (Fsp3) is 0.417. The molecule has 2 saturated heterocycles. The molecule has 6 heteroatoms. The Balaban J connectivity index is 1.33. The summed E-state index contributed by atoms with van der Waals surface area (Å²) in [7, 11) is 0. The fourth-order valence-electron chi connectivity index (χ4n) is 4.62. The predicted octanol–water partition coefficient (Wildman–Crippen LogP) is 4.46. The fourth-order valence-corrected chi connectivity index (χ4v) is 4.62. The van der Waals surface area contributed by atoms with E-state index < -0.39 is 5.82 Å². The van der Waals surface area contributed by atoms with E-state index in [0.717, 1.165) is 37.1 Å². The lowest BCUT2D eigenvalue weighted by atomic mass is 10.0. The molecule has 0 spiro atoms. The molecule has 0 amide bonds. The highest BCUT2D eigenvalue weighted by Gasteiger charge is 2.27. The van der Waals surface area contributed by atoms with Crippen LogP contribution in [0.25, 0.3) is 22.4 Å². The van der Waals surface area contributed by atoms with Crippen molar-refractivity contribution in [3.8, 4) is 23.5 Å². The first-order valence-electron chi connectivity index (χ1n) is 10.7. The van der Waals surface area contributed by atoms with Crippen LogP contribution in [0.15, 0.2) is 34.9 Å². The number of fused-ring (bicyclic) bond motifs is 1. The van der Waals surface area contributed by atoms with Gasteiger partial charge in [0.05, 0.1) is 5.56 Å². The number of halogens is 1. The minimum atomic E-state index is -0.398. The van der Waals surface area contributed by atoms with Gasteiger partial charge in [0.25, 0.3) is 6.01 Å². The van der Waals surface area contributed by atoms with Crippen LogP contribution >= 0.6 is 0 Å². The summed E-state index contributed by atoms with van der Waals surface area (Å²) in [4.78, 5) is 13.9. The number of benzene rings is 1. The third-order valence-corrected chi connectivity index (χ3v) is 6.33. The molecule has 0 radical (unpaired) electrons. The van der Waals surface area contributed by atoms with Crippen LogP contribution in [0.1, 0.15) is 37.7 Å². The first kappa shape index (κ1) is 19.1. The molecule has 0 bridgehead atoms. The van der Waals surface area contributed by atoms with E-state index in [1.165, 1.54) is 38.4 Å². The van der Waals surface area contributed by atoms with Crippen LogP contribution in [0.2, 0.25) is 0 Å². The highest BCUT2D eigenvalue weighted by Crippen LogP contribution is 2.29. The lowest BCUT2D eigenvalue weighted by Gasteiger charge is -2.39. The minimum absolute atomic E-state index is 0.238. The molecule has 4 heterocycles. The number of anilines is 1. The molecule has 0 aliphatic carbocycles. The van der Waals surface area contributed by atoms with Crippen molar-refractivity contribution in [2.24, 2.45) is 0 Å². The predicted molar refractivity (Wildman–Crippen MR) is 116 cm³/mol. The topological polar surface area (TPSA) is 45.4 Å². The van der Waals surface area contributed by atoms with Crippen LogP contribution in [0.5, 0.6) is 0 Å². The van der Waals surface area contributed by atoms with Crippen molar-refractivity contribution in [3.63, 3.8) is 0 Å². The van der Waals surface area contributed by atoms with E-state index in [9.17, 15) is 4.39 Å². The molecule has 2 aliphatic rings. The summed E-state index contributed by atoms with van der Waals surface area (Å²) in [6.45, 7) is 4.38. The van der Waals surface area contributed by atoms with E-state index in [0.29, 0.717) is 23.3 Å². The molecule has 0 N–H and O–H groups in total. The highest BCUT2D eigenvalue weighted by atomic mass is 19.1. The van der Waals surface area contributed by atoms with Gasteiger partial charge in [-0.25, -0.2) is 9.37 Å². The Morgan fingerprint density at radius 1 is 1.03 bits per heavy atom. The van der Waals surface area contributed by atoms with Crippen LogP contribution in [-0.4, -0.2) is 47.1 Å². The number of nitrogens with zero attached hydrogens (tertiary/aromatic N) is 4. The Kier molecular flexibility index (Phi) is 5.14. The number of aromatic nitrogens is 2. The normalized spacial score (nSPS) is 18.6. The average molecular weight is 404 g/mol. The van der Waals surface area contributed by atoms with Crippen molar-refractivity contribution >= 4 is 17.2 Å². The van der Waals surface area contributed by atoms with E-state index >= 15 is 0 Å². The quantitative estimate of drug-likeness (QED) is 0.603. The second kappa shape index (κ2) is 8.08. The maximum absolute atomic E-state index is 13.7. The highest BCUT2D eigenvalue weighted by molar-refractivity contribution is 5.78. The molecule has 0 atom stereocenters. The molecule has 2 fully saturated rings. The van der Waals surface area contributed by atoms with Crippen molar-refractivity contribution in [2.45, 2.75) is 38.1 Å². The first-order valence-corrected chi connectivity index (χ1v) is 10.7. The van der Waals surface area contributed by atoms with Crippen molar-refractivity contribution in [3.05, 3.63) is 41.8 Å². The molecular weight excluding hydrogens is 379 g/mol. The monoisotopic (exact) mass is 404 g/mol. The smallest absolute Gasteiger partial charge is 0.299 e. The van der Waals surface area contributed by atoms with E-state index in [1.54, 1.807) is 18.3 Å². The molecule has 0 unspecified atom stereocenters. The van der Waals surface area contributed by atoms with Crippen LogP contribution in [0.3, 0.4) is 0 Å². The Morgan fingerprint density at radius 2 is 1.83 bits per heavy atom. The number of oxazole rings is 1. The van der Waals surface area contributed by atoms with Gasteiger partial charge in [-0.2, -0.15) is 4.98 Å². The zero-order valence-electron chi connectivity index (χ0n) is 17.0. The van der Waals surface area contributed by atoms with E-state index in [-0.39, 0.29) is 5.56 Å². The molecule has 2 aromatic heterocycles. The molecule has 1 aromatic carbocycles. The van der Waals surface area contributed by atoms with Crippen LogP contribution in [0.4, 0.5) is 10.4 Å². The second-order valence-electron chi connectivity index (χ2n) is 8.20. The number of piperidine rings is 2. The maximum atomic E-state index is 13.7. The van der Waals surface area contributed by atoms with Crippen molar-refractivity contribution < 1.29 is 8.81 Å². The Morgan fingerprint density at radius 3 is 2.60 bits per heavy atom. The SMILES string of the molecule is C#Cc1cc(-c2cnc3nc(N4CCC(N5CCCCC5)CC4)oc3c2)ccc1F. The van der Waals surface area contributed by atoms with Gasteiger partial charge >= 0.3 is 0 Å². The van der Waals surface area contributed by atoms with Gasteiger partial charge in [-0.1, -0.05) is 18.4 Å². The number of likely N-dealkylation sites (tertiary alicyclic amines) is 1. The van der Waals surface area contributed by atoms with Crippen LogP contribution < -0.4 is 4.90 Å². The number of hydrogen-bond donors (Lipinski definition) is 0. The standard InChI is InChI=1S/C24H25FN4O/c1-2-17-14-18(6-7-21(17)25)19-15-22-23(26-16-19)27-24(30-22)29-12-8-20(9-13-29)28-10-4-3-5-11-28/h1,6-7,14-16,20H,3-5,8-13H2. The number of rotatable bonds is 3. The average Bonchev–Trinajstić information content (AvgIpc) is 3.23. The van der Waals surface area contributed by atoms with Gasteiger partial charge in [0, 0.05) is 30.9 Å². The molecule has 0 saturated carbocycles. The third kappa shape index (κ3) is 3.66. The second-order valence-corrected chi connectivity index (χ2v) is 8.20. The summed E-state index contributed by atoms with van der Waals surface area (Å²) in [5.74, 6) is 1.98. The lowest BCUT2D eigenvalue weighted by molar-refractivity contribution is 0.140. The van der Waals surface area contributed by atoms with Crippen LogP contribution in [0, 0.1) is 18.2 Å². The number of terminal acetylenes is 1. The first-order chi connectivity index (χ1) is 14.7. The van der Waals surface area contributed by atoms with Gasteiger partial charge in [0.15, 0.2) is 5.58 Å². The van der Waals surface area contributed by atoms with Crippen LogP contribution in [-0.2, 0) is 0 Å². The van der Waals surface area contributed by atoms with Crippen molar-refractivity contribution in [1.82, 2.24) is 14.9 Å². The third-order valence-electron chi connectivity index (χ3n) is 6.33. The lowest BCUT2D eigenvalue weighted by Crippen LogP contribution is -2.46. The summed E-state index contributed by atoms with van der Waals surface area (Å²) in [5, 5.41) is 0. The summed E-state index contributed by atoms with van der Waals surface area (Å²) in [6, 6.07) is 7.94. The molecule has 30 heavy (non-hydrogen) atoms. The summed E-state index contributed by atoms with van der Waals surface area (Å²) < 4.78 is 19.8. The van der Waals surface area contributed by atoms with Gasteiger partial charge in [0.2, 0.25) is 5.65 Å². The minimum Gasteiger partial charge on any atom is -0.422 e. The molecule has 3 aromatic rings. The molecule has 2 aliphatic heterocycles. The van der Waals surface area contributed by atoms with Gasteiger partial charge in [-0.3, -0.25) is 0 Å². The molecule has 5 nitrogen and oxygen atoms in total. The zero-order chi connectivity index (χ0) is 20.5. The number of pyridine rings is 1. The van der Waals surface area contributed by atoms with Gasteiger partial charge in [-0.15, -0.1) is 6.42 Å². The summed E-state index contributed by atoms with van der Waals surface area (Å²) in [5.41, 5.74) is 3.09. The van der Waals surface area contributed by atoms with Gasteiger partial charge in [0.1, 0.15) is 5.82 Å². The zero-order valence-corrected chi connectivity index (χ0v) is 17.0. The summed E-state index contributed by atoms with van der Waals surface area (Å²) in [6.07, 6.45) is 13.4. The molecule has 154 valence electrons. The Labute approximate surface area is 175 Å². The van der Waals surface area contributed by atoms with E-state index in [2.05, 4.69) is 25.7 Å². The van der Waals surface area contributed by atoms with Gasteiger partial charge < -0.3 is 14.2 Å². The largest absolute Gasteiger partial charge is 0.422 e. The Bertz CT molecular complexity index is 1090.